The molecule has 7 nitrogen and oxygen atoms in total. The quantitative estimate of drug-likeness (QED) is 0.658. The fourth-order valence-electron chi connectivity index (χ4n) is 1.97. The number of nitrogens with two attached hydrogens (primary N) is 1. The molecule has 2 amide bonds. The van der Waals surface area contributed by atoms with Gasteiger partial charge in [-0.1, -0.05) is 26.0 Å². The molecule has 0 unspecified atom stereocenters. The van der Waals surface area contributed by atoms with Gasteiger partial charge in [-0.15, -0.1) is 0 Å². The van der Waals surface area contributed by atoms with Crippen molar-refractivity contribution in [3.05, 3.63) is 29.8 Å². The number of hydrogen-bond donors (Lipinski definition) is 3. The van der Waals surface area contributed by atoms with Gasteiger partial charge >= 0.3 is 0 Å². The molecule has 0 saturated heterocycles. The fraction of sp³-hybridized carbons (Fsp3) is 0.556. The second-order valence-corrected chi connectivity index (χ2v) is 10.4. The topological polar surface area (TPSA) is 118 Å². The Morgan fingerprint density at radius 3 is 2.35 bits per heavy atom. The van der Waals surface area contributed by atoms with Crippen molar-refractivity contribution in [3.8, 4) is 0 Å². The third kappa shape index (κ3) is 6.42. The molecule has 0 bridgehead atoms. The van der Waals surface area contributed by atoms with Gasteiger partial charge in [0.05, 0.1) is 23.1 Å². The average molecular weight is 384 g/mol. The van der Waals surface area contributed by atoms with Gasteiger partial charge in [0.15, 0.2) is 9.84 Å². The van der Waals surface area contributed by atoms with Crippen LogP contribution in [0, 0.1) is 5.92 Å². The molecule has 0 saturated carbocycles. The number of sulfone groups is 1. The predicted octanol–water partition coefficient (Wildman–Crippen LogP) is 1.44. The summed E-state index contributed by atoms with van der Waals surface area (Å²) in [4.78, 5) is 23.7. The number of amides is 2. The molecule has 0 aliphatic rings. The van der Waals surface area contributed by atoms with Gasteiger partial charge in [-0.3, -0.25) is 9.59 Å². The van der Waals surface area contributed by atoms with Crippen LogP contribution in [0.5, 0.6) is 0 Å². The summed E-state index contributed by atoms with van der Waals surface area (Å²) in [5.74, 6) is -0.940. The van der Waals surface area contributed by atoms with E-state index in [0.717, 1.165) is 0 Å². The third-order valence-corrected chi connectivity index (χ3v) is 6.52. The first kappa shape index (κ1) is 22.1. The van der Waals surface area contributed by atoms with Crippen molar-refractivity contribution in [2.75, 3.05) is 11.9 Å². The summed E-state index contributed by atoms with van der Waals surface area (Å²) >= 11 is 0. The van der Waals surface area contributed by atoms with E-state index in [9.17, 15) is 18.0 Å². The number of anilines is 1. The second-order valence-electron chi connectivity index (χ2n) is 7.61. The van der Waals surface area contributed by atoms with Crippen LogP contribution >= 0.6 is 0 Å². The Bertz CT molecular complexity index is 752. The number of nitrogens with one attached hydrogen (secondary N) is 2. The zero-order valence-electron chi connectivity index (χ0n) is 16.0. The first-order valence-electron chi connectivity index (χ1n) is 8.48. The van der Waals surface area contributed by atoms with Gasteiger partial charge < -0.3 is 16.4 Å². The first-order valence-corrected chi connectivity index (χ1v) is 10.1. The Morgan fingerprint density at radius 1 is 1.19 bits per heavy atom. The molecule has 146 valence electrons. The molecule has 4 N–H and O–H groups in total. The first-order chi connectivity index (χ1) is 11.8. The minimum absolute atomic E-state index is 0.0282. The summed E-state index contributed by atoms with van der Waals surface area (Å²) < 4.78 is 23.8. The van der Waals surface area contributed by atoms with Crippen molar-refractivity contribution in [2.45, 2.75) is 51.2 Å². The number of carbonyl (C=O) groups is 2. The van der Waals surface area contributed by atoms with Crippen LogP contribution in [0.1, 0.15) is 40.2 Å². The number of hydrogen-bond acceptors (Lipinski definition) is 5. The molecule has 1 atom stereocenters. The molecule has 0 radical (unpaired) electrons. The van der Waals surface area contributed by atoms with Crippen molar-refractivity contribution in [1.29, 1.82) is 0 Å². The van der Waals surface area contributed by atoms with Gasteiger partial charge in [-0.2, -0.15) is 0 Å². The van der Waals surface area contributed by atoms with Crippen LogP contribution in [-0.4, -0.2) is 37.6 Å². The largest absolute Gasteiger partial charge is 0.346 e. The molecule has 0 spiro atoms. The van der Waals surface area contributed by atoms with Gasteiger partial charge in [-0.05, 0) is 44.4 Å². The standard InChI is InChI=1S/C18H29N3O4S/c1-12(2)16(19)17(23)20-10-15(22)21-14-8-6-7-13(9-14)11-26(24,25)18(3,4)5/h6-9,12,16H,10-11,19H2,1-5H3,(H,20,23)(H,21,22)/t16-/m0/s1. The van der Waals surface area contributed by atoms with Crippen LogP contribution in [0.25, 0.3) is 0 Å². The Kier molecular flexibility index (Phi) is 7.35. The Morgan fingerprint density at radius 2 is 1.81 bits per heavy atom. The lowest BCUT2D eigenvalue weighted by atomic mass is 10.1. The normalized spacial score (nSPS) is 13.3. The summed E-state index contributed by atoms with van der Waals surface area (Å²) in [6, 6.07) is 5.97. The van der Waals surface area contributed by atoms with Crippen molar-refractivity contribution in [2.24, 2.45) is 11.7 Å². The highest BCUT2D eigenvalue weighted by molar-refractivity contribution is 7.91. The molecular formula is C18H29N3O4S. The Labute approximate surface area is 155 Å². The minimum atomic E-state index is -3.32. The SMILES string of the molecule is CC(C)[C@H](N)C(=O)NCC(=O)Nc1cccc(CS(=O)(=O)C(C)(C)C)c1. The highest BCUT2D eigenvalue weighted by Gasteiger charge is 2.29. The maximum absolute atomic E-state index is 12.3. The van der Waals surface area contributed by atoms with Crippen molar-refractivity contribution in [1.82, 2.24) is 5.32 Å². The van der Waals surface area contributed by atoms with E-state index in [4.69, 9.17) is 5.73 Å². The average Bonchev–Trinajstić information content (AvgIpc) is 2.50. The third-order valence-electron chi connectivity index (χ3n) is 3.94. The van der Waals surface area contributed by atoms with Gasteiger partial charge in [-0.25, -0.2) is 8.42 Å². The van der Waals surface area contributed by atoms with Gasteiger partial charge in [0.2, 0.25) is 11.8 Å². The van der Waals surface area contributed by atoms with Gasteiger partial charge in [0.25, 0.3) is 0 Å². The van der Waals surface area contributed by atoms with Crippen LogP contribution in [-0.2, 0) is 25.2 Å². The van der Waals surface area contributed by atoms with E-state index in [1.54, 1.807) is 45.0 Å². The summed E-state index contributed by atoms with van der Waals surface area (Å²) in [6.45, 7) is 8.39. The number of carbonyl (C=O) groups excluding carboxylic acids is 2. The second kappa shape index (κ2) is 8.64. The van der Waals surface area contributed by atoms with E-state index in [2.05, 4.69) is 10.6 Å². The molecule has 1 rings (SSSR count). The van der Waals surface area contributed by atoms with Gasteiger partial charge in [0, 0.05) is 5.69 Å². The van der Waals surface area contributed by atoms with Crippen LogP contribution in [0.3, 0.4) is 0 Å². The predicted molar refractivity (Wildman–Crippen MR) is 103 cm³/mol. The molecule has 0 heterocycles. The van der Waals surface area contributed by atoms with E-state index in [-0.39, 0.29) is 24.1 Å². The summed E-state index contributed by atoms with van der Waals surface area (Å²) in [5, 5.41) is 5.13. The van der Waals surface area contributed by atoms with Crippen LogP contribution < -0.4 is 16.4 Å². The van der Waals surface area contributed by atoms with Crippen molar-refractivity contribution in [3.63, 3.8) is 0 Å². The van der Waals surface area contributed by atoms with Gasteiger partial charge in [0.1, 0.15) is 0 Å². The summed E-state index contributed by atoms with van der Waals surface area (Å²) in [5.41, 5.74) is 6.77. The summed E-state index contributed by atoms with van der Waals surface area (Å²) in [7, 11) is -3.32. The molecular weight excluding hydrogens is 354 g/mol. The molecule has 0 aliphatic heterocycles. The lowest BCUT2D eigenvalue weighted by Crippen LogP contribution is -2.46. The molecule has 1 aromatic rings. The van der Waals surface area contributed by atoms with Crippen molar-refractivity contribution >= 4 is 27.3 Å². The molecule has 26 heavy (non-hydrogen) atoms. The van der Waals surface area contributed by atoms with Crippen molar-refractivity contribution < 1.29 is 18.0 Å². The van der Waals surface area contributed by atoms with Crippen LogP contribution in [0.2, 0.25) is 0 Å². The number of benzene rings is 1. The highest BCUT2D eigenvalue weighted by atomic mass is 32.2. The molecule has 0 aliphatic carbocycles. The maximum atomic E-state index is 12.3. The molecule has 0 fully saturated rings. The Balaban J connectivity index is 2.69. The fourth-order valence-corrected chi connectivity index (χ4v) is 3.02. The Hall–Kier alpha value is -1.93. The zero-order valence-corrected chi connectivity index (χ0v) is 16.8. The molecule has 8 heteroatoms. The molecule has 1 aromatic carbocycles. The lowest BCUT2D eigenvalue weighted by Gasteiger charge is -2.19. The van der Waals surface area contributed by atoms with Crippen LogP contribution in [0.15, 0.2) is 24.3 Å². The molecule has 0 aromatic heterocycles. The van der Waals surface area contributed by atoms with E-state index >= 15 is 0 Å². The van der Waals surface area contributed by atoms with Crippen LogP contribution in [0.4, 0.5) is 5.69 Å². The van der Waals surface area contributed by atoms with E-state index in [1.165, 1.54) is 0 Å². The smallest absolute Gasteiger partial charge is 0.243 e. The monoisotopic (exact) mass is 383 g/mol. The zero-order chi connectivity index (χ0) is 20.1. The highest BCUT2D eigenvalue weighted by Crippen LogP contribution is 2.22. The van der Waals surface area contributed by atoms with E-state index in [0.29, 0.717) is 11.3 Å². The number of rotatable bonds is 7. The lowest BCUT2D eigenvalue weighted by molar-refractivity contribution is -0.125. The van der Waals surface area contributed by atoms with E-state index in [1.807, 2.05) is 13.8 Å². The maximum Gasteiger partial charge on any atom is 0.243 e. The summed E-state index contributed by atoms with van der Waals surface area (Å²) in [6.07, 6.45) is 0. The van der Waals surface area contributed by atoms with E-state index < -0.39 is 26.5 Å². The minimum Gasteiger partial charge on any atom is -0.346 e.